The zero-order chi connectivity index (χ0) is 19.5. The van der Waals surface area contributed by atoms with E-state index < -0.39 is 5.97 Å². The molecule has 0 saturated heterocycles. The molecule has 0 atom stereocenters. The minimum Gasteiger partial charge on any atom is -0.497 e. The molecule has 0 saturated carbocycles. The number of nitrogens with zero attached hydrogens (tertiary/aromatic N) is 2. The Morgan fingerprint density at radius 3 is 2.68 bits per heavy atom. The largest absolute Gasteiger partial charge is 0.497 e. The number of rotatable bonds is 5. The van der Waals surface area contributed by atoms with E-state index in [-0.39, 0.29) is 6.61 Å². The van der Waals surface area contributed by atoms with Gasteiger partial charge in [-0.25, -0.2) is 14.8 Å². The van der Waals surface area contributed by atoms with Gasteiger partial charge in [0.15, 0.2) is 0 Å². The summed E-state index contributed by atoms with van der Waals surface area (Å²) in [5.41, 5.74) is 2.47. The zero-order valence-electron chi connectivity index (χ0n) is 14.9. The molecule has 140 valence electrons. The summed E-state index contributed by atoms with van der Waals surface area (Å²) in [7, 11) is 1.60. The average Bonchev–Trinajstić information content (AvgIpc) is 3.20. The van der Waals surface area contributed by atoms with Crippen LogP contribution < -0.4 is 4.74 Å². The van der Waals surface area contributed by atoms with Crippen molar-refractivity contribution in [1.29, 1.82) is 0 Å². The standard InChI is InChI=1S/C21H15ClN2O4/c1-26-17-6-2-13(3-7-17)20-23-16(11-27-20)12-28-21(25)15-4-8-18-14(10-15)5-9-19(22)24-18/h2-11H,12H2,1H3. The van der Waals surface area contributed by atoms with Crippen molar-refractivity contribution in [3.63, 3.8) is 0 Å². The maximum Gasteiger partial charge on any atom is 0.338 e. The second-order valence-electron chi connectivity index (χ2n) is 5.99. The third-order valence-electron chi connectivity index (χ3n) is 4.13. The number of ether oxygens (including phenoxy) is 2. The second-order valence-corrected chi connectivity index (χ2v) is 6.38. The van der Waals surface area contributed by atoms with Crippen LogP contribution in [0.4, 0.5) is 0 Å². The number of benzene rings is 2. The van der Waals surface area contributed by atoms with E-state index in [0.29, 0.717) is 27.8 Å². The van der Waals surface area contributed by atoms with E-state index in [9.17, 15) is 4.79 Å². The van der Waals surface area contributed by atoms with Crippen LogP contribution in [-0.4, -0.2) is 23.0 Å². The van der Waals surface area contributed by atoms with Gasteiger partial charge in [0.2, 0.25) is 5.89 Å². The van der Waals surface area contributed by atoms with Crippen molar-refractivity contribution in [3.05, 3.63) is 77.3 Å². The summed E-state index contributed by atoms with van der Waals surface area (Å²) in [6, 6.07) is 15.9. The van der Waals surface area contributed by atoms with E-state index in [1.54, 1.807) is 37.4 Å². The van der Waals surface area contributed by atoms with Crippen LogP contribution in [0.15, 0.2) is 65.3 Å². The number of halogens is 1. The summed E-state index contributed by atoms with van der Waals surface area (Å²) in [6.45, 7) is 0.00932. The summed E-state index contributed by atoms with van der Waals surface area (Å²) in [6.07, 6.45) is 1.47. The highest BCUT2D eigenvalue weighted by Crippen LogP contribution is 2.22. The first-order valence-corrected chi connectivity index (χ1v) is 8.82. The molecule has 4 rings (SSSR count). The SMILES string of the molecule is COc1ccc(-c2nc(COC(=O)c3ccc4nc(Cl)ccc4c3)co2)cc1. The van der Waals surface area contributed by atoms with Gasteiger partial charge in [-0.15, -0.1) is 0 Å². The lowest BCUT2D eigenvalue weighted by Crippen LogP contribution is -2.05. The molecule has 0 amide bonds. The number of aromatic nitrogens is 2. The van der Waals surface area contributed by atoms with Crippen LogP contribution in [0.5, 0.6) is 5.75 Å². The van der Waals surface area contributed by atoms with E-state index in [1.807, 2.05) is 24.3 Å². The van der Waals surface area contributed by atoms with Gasteiger partial charge in [-0.1, -0.05) is 11.6 Å². The third-order valence-corrected chi connectivity index (χ3v) is 4.34. The maximum absolute atomic E-state index is 12.3. The molecule has 28 heavy (non-hydrogen) atoms. The maximum atomic E-state index is 12.3. The highest BCUT2D eigenvalue weighted by Gasteiger charge is 2.12. The van der Waals surface area contributed by atoms with Crippen LogP contribution in [0.2, 0.25) is 5.15 Å². The van der Waals surface area contributed by atoms with Crippen molar-refractivity contribution in [1.82, 2.24) is 9.97 Å². The molecular formula is C21H15ClN2O4. The first-order valence-electron chi connectivity index (χ1n) is 8.44. The predicted octanol–water partition coefficient (Wildman–Crippen LogP) is 4.91. The number of oxazole rings is 1. The monoisotopic (exact) mass is 394 g/mol. The number of carbonyl (C=O) groups excluding carboxylic acids is 1. The van der Waals surface area contributed by atoms with Crippen LogP contribution in [0.3, 0.4) is 0 Å². The van der Waals surface area contributed by atoms with Gasteiger partial charge in [0.05, 0.1) is 18.2 Å². The summed E-state index contributed by atoms with van der Waals surface area (Å²) >= 11 is 5.88. The highest BCUT2D eigenvalue weighted by atomic mass is 35.5. The Morgan fingerprint density at radius 2 is 1.89 bits per heavy atom. The summed E-state index contributed by atoms with van der Waals surface area (Å²) < 4.78 is 15.9. The van der Waals surface area contributed by atoms with Gasteiger partial charge < -0.3 is 13.9 Å². The minimum atomic E-state index is -0.453. The zero-order valence-corrected chi connectivity index (χ0v) is 15.6. The van der Waals surface area contributed by atoms with Gasteiger partial charge in [-0.2, -0.15) is 0 Å². The lowest BCUT2D eigenvalue weighted by atomic mass is 10.1. The van der Waals surface area contributed by atoms with Crippen LogP contribution in [0, 0.1) is 0 Å². The number of esters is 1. The van der Waals surface area contributed by atoms with Gasteiger partial charge in [0, 0.05) is 10.9 Å². The normalized spacial score (nSPS) is 10.8. The average molecular weight is 395 g/mol. The van der Waals surface area contributed by atoms with E-state index in [1.165, 1.54) is 6.26 Å². The lowest BCUT2D eigenvalue weighted by molar-refractivity contribution is 0.0468. The summed E-state index contributed by atoms with van der Waals surface area (Å²) in [5, 5.41) is 1.21. The molecule has 0 radical (unpaired) electrons. The van der Waals surface area contributed by atoms with Crippen molar-refractivity contribution < 1.29 is 18.7 Å². The van der Waals surface area contributed by atoms with Gasteiger partial charge in [0.1, 0.15) is 29.5 Å². The molecule has 7 heteroatoms. The van der Waals surface area contributed by atoms with Crippen LogP contribution in [-0.2, 0) is 11.3 Å². The van der Waals surface area contributed by atoms with Crippen molar-refractivity contribution in [2.75, 3.05) is 7.11 Å². The molecule has 4 aromatic rings. The summed E-state index contributed by atoms with van der Waals surface area (Å²) in [5.74, 6) is 0.741. The van der Waals surface area contributed by atoms with Crippen molar-refractivity contribution >= 4 is 28.5 Å². The van der Waals surface area contributed by atoms with E-state index in [0.717, 1.165) is 16.7 Å². The number of methoxy groups -OCH3 is 1. The molecule has 0 aliphatic heterocycles. The molecule has 0 unspecified atom stereocenters. The molecule has 0 aliphatic rings. The fourth-order valence-corrected chi connectivity index (χ4v) is 2.84. The Morgan fingerprint density at radius 1 is 1.07 bits per heavy atom. The Bertz CT molecular complexity index is 1140. The molecule has 0 aliphatic carbocycles. The first-order chi connectivity index (χ1) is 13.6. The Kier molecular flexibility index (Phi) is 4.95. The molecule has 0 spiro atoms. The minimum absolute atomic E-state index is 0.00932. The van der Waals surface area contributed by atoms with Crippen molar-refractivity contribution in [2.45, 2.75) is 6.61 Å². The summed E-state index contributed by atoms with van der Waals surface area (Å²) in [4.78, 5) is 20.9. The molecule has 6 nitrogen and oxygen atoms in total. The second kappa shape index (κ2) is 7.70. The molecule has 0 N–H and O–H groups in total. The van der Waals surface area contributed by atoms with Crippen molar-refractivity contribution in [2.24, 2.45) is 0 Å². The number of pyridine rings is 1. The fourth-order valence-electron chi connectivity index (χ4n) is 2.69. The number of carbonyl (C=O) groups is 1. The molecular weight excluding hydrogens is 380 g/mol. The Labute approximate surface area is 165 Å². The van der Waals surface area contributed by atoms with Crippen LogP contribution >= 0.6 is 11.6 Å². The third kappa shape index (κ3) is 3.82. The van der Waals surface area contributed by atoms with E-state index >= 15 is 0 Å². The quantitative estimate of drug-likeness (QED) is 0.353. The van der Waals surface area contributed by atoms with Gasteiger partial charge in [0.25, 0.3) is 0 Å². The van der Waals surface area contributed by atoms with Gasteiger partial charge >= 0.3 is 5.97 Å². The van der Waals surface area contributed by atoms with Gasteiger partial charge in [-0.3, -0.25) is 0 Å². The van der Waals surface area contributed by atoms with Crippen molar-refractivity contribution in [3.8, 4) is 17.2 Å². The highest BCUT2D eigenvalue weighted by molar-refractivity contribution is 6.29. The fraction of sp³-hybridized carbons (Fsp3) is 0.0952. The topological polar surface area (TPSA) is 74.5 Å². The van der Waals surface area contributed by atoms with Crippen LogP contribution in [0.25, 0.3) is 22.4 Å². The number of hydrogen-bond acceptors (Lipinski definition) is 6. The Hall–Kier alpha value is -3.38. The van der Waals surface area contributed by atoms with E-state index in [2.05, 4.69) is 9.97 Å². The smallest absolute Gasteiger partial charge is 0.338 e. The molecule has 2 heterocycles. The molecule has 2 aromatic carbocycles. The number of hydrogen-bond donors (Lipinski definition) is 0. The predicted molar refractivity (Wildman–Crippen MR) is 104 cm³/mol. The molecule has 2 aromatic heterocycles. The number of fused-ring (bicyclic) bond motifs is 1. The molecule has 0 fully saturated rings. The van der Waals surface area contributed by atoms with Gasteiger partial charge in [-0.05, 0) is 54.6 Å². The molecule has 0 bridgehead atoms. The lowest BCUT2D eigenvalue weighted by Gasteiger charge is -2.04. The van der Waals surface area contributed by atoms with E-state index in [4.69, 9.17) is 25.5 Å². The first kappa shape index (κ1) is 18.0. The van der Waals surface area contributed by atoms with Crippen LogP contribution in [0.1, 0.15) is 16.1 Å². The Balaban J connectivity index is 1.43.